The Hall–Kier alpha value is -0.410. The van der Waals surface area contributed by atoms with Crippen molar-refractivity contribution in [1.29, 1.82) is 0 Å². The van der Waals surface area contributed by atoms with E-state index in [-0.39, 0.29) is 24.4 Å². The monoisotopic (exact) mass is 186 g/mol. The number of hydrogen-bond donors (Lipinski definition) is 0. The van der Waals surface area contributed by atoms with Crippen LogP contribution in [0.1, 0.15) is 26.7 Å². The van der Waals surface area contributed by atoms with Crippen molar-refractivity contribution in [2.24, 2.45) is 5.92 Å². The molecule has 1 rings (SSSR count). The quantitative estimate of drug-likeness (QED) is 0.651. The molecule has 0 bridgehead atoms. The molecule has 1 aliphatic heterocycles. The van der Waals surface area contributed by atoms with Gasteiger partial charge in [-0.3, -0.25) is 4.79 Å². The minimum atomic E-state index is 0.0801. The summed E-state index contributed by atoms with van der Waals surface area (Å²) in [6.07, 6.45) is 1.92. The van der Waals surface area contributed by atoms with Gasteiger partial charge < -0.3 is 9.47 Å². The first-order valence-electron chi connectivity index (χ1n) is 5.01. The normalized spacial score (nSPS) is 27.8. The summed E-state index contributed by atoms with van der Waals surface area (Å²) in [5.74, 6) is 0.280. The Bertz CT molecular complexity index is 168. The molecule has 2 atom stereocenters. The number of carbonyl (C=O) groups excluding carboxylic acids is 1. The molecule has 0 saturated carbocycles. The summed E-state index contributed by atoms with van der Waals surface area (Å²) in [6.45, 7) is 5.53. The summed E-state index contributed by atoms with van der Waals surface area (Å²) >= 11 is 0. The highest BCUT2D eigenvalue weighted by Gasteiger charge is 2.32. The van der Waals surface area contributed by atoms with E-state index in [4.69, 9.17) is 9.47 Å². The first kappa shape index (κ1) is 10.7. The molecule has 3 nitrogen and oxygen atoms in total. The van der Waals surface area contributed by atoms with Crippen molar-refractivity contribution >= 4 is 5.78 Å². The molecule has 0 radical (unpaired) electrons. The van der Waals surface area contributed by atoms with Crippen LogP contribution in [-0.4, -0.2) is 31.7 Å². The zero-order chi connectivity index (χ0) is 9.68. The largest absolute Gasteiger partial charge is 0.377 e. The Labute approximate surface area is 79.4 Å². The molecule has 0 aliphatic carbocycles. The minimum Gasteiger partial charge on any atom is -0.377 e. The van der Waals surface area contributed by atoms with Crippen molar-refractivity contribution < 1.29 is 14.3 Å². The van der Waals surface area contributed by atoms with Crippen LogP contribution >= 0.6 is 0 Å². The highest BCUT2D eigenvalue weighted by molar-refractivity contribution is 5.83. The standard InChI is InChI=1S/C10H18O3/c1-3-10-8(5-6-13-10)9(11)7-12-4-2/h8,10H,3-7H2,1-2H3. The average molecular weight is 186 g/mol. The molecule has 2 unspecified atom stereocenters. The smallest absolute Gasteiger partial charge is 0.164 e. The second kappa shape index (κ2) is 5.35. The molecule has 1 heterocycles. The fourth-order valence-corrected chi connectivity index (χ4v) is 1.73. The number of rotatable bonds is 5. The predicted octanol–water partition coefficient (Wildman–Crippen LogP) is 1.41. The van der Waals surface area contributed by atoms with Crippen LogP contribution < -0.4 is 0 Å². The van der Waals surface area contributed by atoms with Crippen molar-refractivity contribution in [2.75, 3.05) is 19.8 Å². The number of ether oxygens (including phenoxy) is 2. The molecule has 1 saturated heterocycles. The molecule has 76 valence electrons. The second-order valence-corrected chi connectivity index (χ2v) is 3.32. The van der Waals surface area contributed by atoms with Crippen molar-refractivity contribution in [3.63, 3.8) is 0 Å². The van der Waals surface area contributed by atoms with Gasteiger partial charge in [-0.05, 0) is 19.8 Å². The third-order valence-electron chi connectivity index (χ3n) is 2.47. The Morgan fingerprint density at radius 1 is 1.54 bits per heavy atom. The van der Waals surface area contributed by atoms with Gasteiger partial charge in [-0.2, -0.15) is 0 Å². The number of carbonyl (C=O) groups is 1. The molecule has 0 amide bonds. The molecule has 1 aliphatic rings. The van der Waals surface area contributed by atoms with E-state index in [2.05, 4.69) is 6.92 Å². The lowest BCUT2D eigenvalue weighted by atomic mass is 9.95. The van der Waals surface area contributed by atoms with E-state index in [1.54, 1.807) is 0 Å². The van der Waals surface area contributed by atoms with Gasteiger partial charge in [0.25, 0.3) is 0 Å². The van der Waals surface area contributed by atoms with Gasteiger partial charge >= 0.3 is 0 Å². The van der Waals surface area contributed by atoms with Crippen LogP contribution in [0.2, 0.25) is 0 Å². The van der Waals surface area contributed by atoms with Gasteiger partial charge in [0.1, 0.15) is 6.61 Å². The third kappa shape index (κ3) is 2.78. The van der Waals surface area contributed by atoms with E-state index in [9.17, 15) is 4.79 Å². The third-order valence-corrected chi connectivity index (χ3v) is 2.47. The van der Waals surface area contributed by atoms with Gasteiger partial charge in [0.15, 0.2) is 5.78 Å². The van der Waals surface area contributed by atoms with E-state index < -0.39 is 0 Å². The molecule has 0 N–H and O–H groups in total. The summed E-state index contributed by atoms with van der Waals surface area (Å²) in [5.41, 5.74) is 0. The highest BCUT2D eigenvalue weighted by Crippen LogP contribution is 2.24. The van der Waals surface area contributed by atoms with E-state index in [1.165, 1.54) is 0 Å². The summed E-state index contributed by atoms with van der Waals surface area (Å²) in [6, 6.07) is 0. The average Bonchev–Trinajstić information content (AvgIpc) is 2.61. The lowest BCUT2D eigenvalue weighted by Crippen LogP contribution is -2.27. The van der Waals surface area contributed by atoms with Crippen LogP contribution in [0.3, 0.4) is 0 Å². The Balaban J connectivity index is 2.36. The molecule has 0 aromatic carbocycles. The van der Waals surface area contributed by atoms with Crippen LogP contribution in [0.25, 0.3) is 0 Å². The van der Waals surface area contributed by atoms with Gasteiger partial charge in [-0.25, -0.2) is 0 Å². The zero-order valence-corrected chi connectivity index (χ0v) is 8.41. The van der Waals surface area contributed by atoms with Crippen molar-refractivity contribution in [3.8, 4) is 0 Å². The van der Waals surface area contributed by atoms with Crippen molar-refractivity contribution in [3.05, 3.63) is 0 Å². The number of Topliss-reactive ketones (excluding diaryl/α,β-unsaturated/α-hetero) is 1. The number of hydrogen-bond acceptors (Lipinski definition) is 3. The lowest BCUT2D eigenvalue weighted by molar-refractivity contribution is -0.129. The lowest BCUT2D eigenvalue weighted by Gasteiger charge is -2.14. The van der Waals surface area contributed by atoms with Crippen LogP contribution in [0, 0.1) is 5.92 Å². The maximum Gasteiger partial charge on any atom is 0.164 e. The first-order chi connectivity index (χ1) is 6.29. The SMILES string of the molecule is CCOCC(=O)C1CCOC1CC. The fraction of sp³-hybridized carbons (Fsp3) is 0.900. The van der Waals surface area contributed by atoms with E-state index in [1.807, 2.05) is 6.92 Å². The van der Waals surface area contributed by atoms with Crippen LogP contribution in [0.4, 0.5) is 0 Å². The Morgan fingerprint density at radius 3 is 2.92 bits per heavy atom. The van der Waals surface area contributed by atoms with Crippen LogP contribution in [-0.2, 0) is 14.3 Å². The zero-order valence-electron chi connectivity index (χ0n) is 8.41. The molecule has 13 heavy (non-hydrogen) atoms. The van der Waals surface area contributed by atoms with Crippen molar-refractivity contribution in [1.82, 2.24) is 0 Å². The topological polar surface area (TPSA) is 35.5 Å². The first-order valence-corrected chi connectivity index (χ1v) is 5.01. The summed E-state index contributed by atoms with van der Waals surface area (Å²) < 4.78 is 10.5. The molecule has 3 heteroatoms. The molecular formula is C10H18O3. The second-order valence-electron chi connectivity index (χ2n) is 3.32. The van der Waals surface area contributed by atoms with Gasteiger partial charge in [0, 0.05) is 19.1 Å². The summed E-state index contributed by atoms with van der Waals surface area (Å²) in [7, 11) is 0. The fourth-order valence-electron chi connectivity index (χ4n) is 1.73. The van der Waals surface area contributed by atoms with E-state index in [0.29, 0.717) is 6.61 Å². The van der Waals surface area contributed by atoms with Crippen molar-refractivity contribution in [2.45, 2.75) is 32.8 Å². The minimum absolute atomic E-state index is 0.0801. The molecule has 0 spiro atoms. The van der Waals surface area contributed by atoms with E-state index >= 15 is 0 Å². The molecule has 0 aromatic heterocycles. The van der Waals surface area contributed by atoms with Gasteiger partial charge in [-0.1, -0.05) is 6.92 Å². The molecule has 1 fully saturated rings. The highest BCUT2D eigenvalue weighted by atomic mass is 16.5. The van der Waals surface area contributed by atoms with Gasteiger partial charge in [0.2, 0.25) is 0 Å². The van der Waals surface area contributed by atoms with Crippen LogP contribution in [0.15, 0.2) is 0 Å². The predicted molar refractivity (Wildman–Crippen MR) is 49.6 cm³/mol. The summed E-state index contributed by atoms with van der Waals surface area (Å²) in [4.78, 5) is 11.6. The summed E-state index contributed by atoms with van der Waals surface area (Å²) in [5, 5.41) is 0. The molecular weight excluding hydrogens is 168 g/mol. The Kier molecular flexibility index (Phi) is 4.39. The van der Waals surface area contributed by atoms with Crippen LogP contribution in [0.5, 0.6) is 0 Å². The maximum atomic E-state index is 11.6. The van der Waals surface area contributed by atoms with Gasteiger partial charge in [0.05, 0.1) is 6.10 Å². The number of ketones is 1. The maximum absolute atomic E-state index is 11.6. The Morgan fingerprint density at radius 2 is 2.31 bits per heavy atom. The van der Waals surface area contributed by atoms with Gasteiger partial charge in [-0.15, -0.1) is 0 Å². The molecule has 0 aromatic rings. The van der Waals surface area contributed by atoms with E-state index in [0.717, 1.165) is 19.4 Å².